The summed E-state index contributed by atoms with van der Waals surface area (Å²) in [6.07, 6.45) is 1.000. The Labute approximate surface area is 161 Å². The molecule has 1 N–H and O–H groups in total. The van der Waals surface area contributed by atoms with Gasteiger partial charge in [-0.1, -0.05) is 48.5 Å². The van der Waals surface area contributed by atoms with Crippen LogP contribution in [0, 0.1) is 13.8 Å². The number of benzene rings is 1. The molecule has 2 heterocycles. The van der Waals surface area contributed by atoms with Gasteiger partial charge in [0.1, 0.15) is 5.82 Å². The number of thiazole rings is 1. The number of hydrogen-bond donors (Lipinski definition) is 1. The van der Waals surface area contributed by atoms with E-state index < -0.39 is 0 Å². The maximum absolute atomic E-state index is 12.2. The lowest BCUT2D eigenvalue weighted by molar-refractivity contribution is -0.113. The number of aromatic nitrogens is 4. The SMILES string of the molecule is CCCn1c(C)nnc1SCC(=O)Nc1nc(-c2ccc(C)cc2)cs1. The van der Waals surface area contributed by atoms with Gasteiger partial charge in [-0.2, -0.15) is 0 Å². The summed E-state index contributed by atoms with van der Waals surface area (Å²) in [5, 5.41) is 14.4. The number of rotatable bonds is 7. The van der Waals surface area contributed by atoms with Crippen molar-refractivity contribution < 1.29 is 4.79 Å². The van der Waals surface area contributed by atoms with E-state index in [0.717, 1.165) is 35.2 Å². The number of aryl methyl sites for hydroxylation is 2. The second-order valence-electron chi connectivity index (χ2n) is 5.92. The number of nitrogens with zero attached hydrogens (tertiary/aromatic N) is 4. The lowest BCUT2D eigenvalue weighted by Gasteiger charge is -2.06. The highest BCUT2D eigenvalue weighted by molar-refractivity contribution is 7.99. The minimum absolute atomic E-state index is 0.0940. The molecule has 3 rings (SSSR count). The number of carbonyl (C=O) groups excluding carboxylic acids is 1. The molecule has 0 unspecified atom stereocenters. The predicted molar refractivity (Wildman–Crippen MR) is 107 cm³/mol. The summed E-state index contributed by atoms with van der Waals surface area (Å²) in [4.78, 5) is 16.7. The van der Waals surface area contributed by atoms with Gasteiger partial charge in [-0.25, -0.2) is 4.98 Å². The molecule has 0 fully saturated rings. The fourth-order valence-corrected chi connectivity index (χ4v) is 3.97. The van der Waals surface area contributed by atoms with E-state index in [1.807, 2.05) is 29.0 Å². The maximum Gasteiger partial charge on any atom is 0.236 e. The Balaban J connectivity index is 1.58. The molecule has 0 aliphatic carbocycles. The number of carbonyl (C=O) groups is 1. The molecule has 136 valence electrons. The second kappa shape index (κ2) is 8.46. The molecule has 26 heavy (non-hydrogen) atoms. The van der Waals surface area contributed by atoms with Crippen LogP contribution in [0.25, 0.3) is 11.3 Å². The fourth-order valence-electron chi connectivity index (χ4n) is 2.42. The molecule has 0 aliphatic heterocycles. The molecular formula is C18H21N5OS2. The van der Waals surface area contributed by atoms with Gasteiger partial charge in [0, 0.05) is 17.5 Å². The Hall–Kier alpha value is -2.19. The van der Waals surface area contributed by atoms with Gasteiger partial charge < -0.3 is 9.88 Å². The first-order valence-electron chi connectivity index (χ1n) is 8.42. The molecule has 0 bridgehead atoms. The van der Waals surface area contributed by atoms with Crippen molar-refractivity contribution in [2.75, 3.05) is 11.1 Å². The van der Waals surface area contributed by atoms with E-state index in [1.165, 1.54) is 28.7 Å². The van der Waals surface area contributed by atoms with Crippen LogP contribution in [-0.4, -0.2) is 31.4 Å². The van der Waals surface area contributed by atoms with E-state index in [4.69, 9.17) is 0 Å². The Morgan fingerprint density at radius 1 is 1.23 bits per heavy atom. The van der Waals surface area contributed by atoms with Crippen molar-refractivity contribution in [1.82, 2.24) is 19.7 Å². The first-order chi connectivity index (χ1) is 12.6. The van der Waals surface area contributed by atoms with Crippen molar-refractivity contribution in [3.63, 3.8) is 0 Å². The average Bonchev–Trinajstić information content (AvgIpc) is 3.22. The highest BCUT2D eigenvalue weighted by Crippen LogP contribution is 2.25. The van der Waals surface area contributed by atoms with E-state index in [2.05, 4.69) is 46.5 Å². The van der Waals surface area contributed by atoms with Crippen molar-refractivity contribution in [1.29, 1.82) is 0 Å². The van der Waals surface area contributed by atoms with Crippen LogP contribution in [0.15, 0.2) is 34.8 Å². The summed E-state index contributed by atoms with van der Waals surface area (Å²) >= 11 is 2.82. The van der Waals surface area contributed by atoms with Crippen molar-refractivity contribution >= 4 is 34.1 Å². The van der Waals surface area contributed by atoms with Crippen LogP contribution in [-0.2, 0) is 11.3 Å². The van der Waals surface area contributed by atoms with Crippen molar-refractivity contribution in [3.05, 3.63) is 41.0 Å². The smallest absolute Gasteiger partial charge is 0.236 e. The highest BCUT2D eigenvalue weighted by atomic mass is 32.2. The van der Waals surface area contributed by atoms with Gasteiger partial charge in [-0.05, 0) is 20.3 Å². The van der Waals surface area contributed by atoms with Gasteiger partial charge in [0.25, 0.3) is 0 Å². The van der Waals surface area contributed by atoms with Crippen LogP contribution in [0.4, 0.5) is 5.13 Å². The van der Waals surface area contributed by atoms with Crippen LogP contribution in [0.5, 0.6) is 0 Å². The third-order valence-electron chi connectivity index (χ3n) is 3.78. The normalized spacial score (nSPS) is 10.9. The number of nitrogens with one attached hydrogen (secondary N) is 1. The molecule has 1 aromatic carbocycles. The summed E-state index contributed by atoms with van der Waals surface area (Å²) in [7, 11) is 0. The van der Waals surface area contributed by atoms with Gasteiger partial charge in [-0.3, -0.25) is 4.79 Å². The Kier molecular flexibility index (Phi) is 6.05. The molecular weight excluding hydrogens is 366 g/mol. The fraction of sp³-hybridized carbons (Fsp3) is 0.333. The van der Waals surface area contributed by atoms with Crippen molar-refractivity contribution in [2.45, 2.75) is 38.9 Å². The molecule has 0 spiro atoms. The molecule has 0 saturated carbocycles. The predicted octanol–water partition coefficient (Wildman–Crippen LogP) is 4.16. The topological polar surface area (TPSA) is 72.7 Å². The van der Waals surface area contributed by atoms with Crippen LogP contribution >= 0.6 is 23.1 Å². The Bertz CT molecular complexity index is 885. The zero-order chi connectivity index (χ0) is 18.5. The monoisotopic (exact) mass is 387 g/mol. The van der Waals surface area contributed by atoms with Gasteiger partial charge >= 0.3 is 0 Å². The molecule has 1 amide bonds. The molecule has 3 aromatic rings. The standard InChI is InChI=1S/C18H21N5OS2/c1-4-9-23-13(3)21-22-18(23)26-11-16(24)20-17-19-15(10-25-17)14-7-5-12(2)6-8-14/h5-8,10H,4,9,11H2,1-3H3,(H,19,20,24). The van der Waals surface area contributed by atoms with E-state index in [1.54, 1.807) is 0 Å². The molecule has 0 atom stereocenters. The van der Waals surface area contributed by atoms with E-state index >= 15 is 0 Å². The largest absolute Gasteiger partial charge is 0.306 e. The van der Waals surface area contributed by atoms with E-state index in [-0.39, 0.29) is 11.7 Å². The van der Waals surface area contributed by atoms with Gasteiger partial charge in [0.05, 0.1) is 11.4 Å². The zero-order valence-electron chi connectivity index (χ0n) is 15.0. The summed E-state index contributed by atoms with van der Waals surface area (Å²) in [5.41, 5.74) is 3.13. The van der Waals surface area contributed by atoms with Gasteiger partial charge in [0.2, 0.25) is 5.91 Å². The second-order valence-corrected chi connectivity index (χ2v) is 7.72. The molecule has 0 saturated heterocycles. The quantitative estimate of drug-likeness (QED) is 0.616. The molecule has 2 aromatic heterocycles. The van der Waals surface area contributed by atoms with Crippen molar-refractivity contribution in [2.24, 2.45) is 0 Å². The molecule has 6 nitrogen and oxygen atoms in total. The number of anilines is 1. The maximum atomic E-state index is 12.2. The van der Waals surface area contributed by atoms with Crippen LogP contribution in [0.2, 0.25) is 0 Å². The number of hydrogen-bond acceptors (Lipinski definition) is 6. The lowest BCUT2D eigenvalue weighted by atomic mass is 10.1. The summed E-state index contributed by atoms with van der Waals surface area (Å²) in [6, 6.07) is 8.18. The molecule has 8 heteroatoms. The minimum atomic E-state index is -0.0940. The summed E-state index contributed by atoms with van der Waals surface area (Å²) in [5.74, 6) is 1.06. The minimum Gasteiger partial charge on any atom is -0.306 e. The molecule has 0 radical (unpaired) electrons. The first kappa shape index (κ1) is 18.6. The zero-order valence-corrected chi connectivity index (χ0v) is 16.7. The first-order valence-corrected chi connectivity index (χ1v) is 10.3. The summed E-state index contributed by atoms with van der Waals surface area (Å²) in [6.45, 7) is 6.94. The number of thioether (sulfide) groups is 1. The van der Waals surface area contributed by atoms with Gasteiger partial charge in [0.15, 0.2) is 10.3 Å². The number of amides is 1. The summed E-state index contributed by atoms with van der Waals surface area (Å²) < 4.78 is 2.04. The Morgan fingerprint density at radius 3 is 2.73 bits per heavy atom. The molecule has 0 aliphatic rings. The third kappa shape index (κ3) is 4.50. The van der Waals surface area contributed by atoms with Crippen LogP contribution in [0.1, 0.15) is 24.7 Å². The van der Waals surface area contributed by atoms with Crippen molar-refractivity contribution in [3.8, 4) is 11.3 Å². The van der Waals surface area contributed by atoms with Gasteiger partial charge in [-0.15, -0.1) is 21.5 Å². The third-order valence-corrected chi connectivity index (χ3v) is 5.50. The van der Waals surface area contributed by atoms with Crippen LogP contribution < -0.4 is 5.32 Å². The lowest BCUT2D eigenvalue weighted by Crippen LogP contribution is -2.14. The average molecular weight is 388 g/mol. The van der Waals surface area contributed by atoms with Crippen LogP contribution in [0.3, 0.4) is 0 Å². The highest BCUT2D eigenvalue weighted by Gasteiger charge is 2.13. The van der Waals surface area contributed by atoms with E-state index in [0.29, 0.717) is 5.13 Å². The Morgan fingerprint density at radius 2 is 2.00 bits per heavy atom. The van der Waals surface area contributed by atoms with E-state index in [9.17, 15) is 4.79 Å².